The van der Waals surface area contributed by atoms with Gasteiger partial charge in [-0.1, -0.05) is 19.6 Å². The van der Waals surface area contributed by atoms with E-state index in [1.807, 2.05) is 0 Å². The zero-order valence-electron chi connectivity index (χ0n) is 12.0. The van der Waals surface area contributed by atoms with Gasteiger partial charge in [-0.05, 0) is 12.1 Å². The van der Waals surface area contributed by atoms with Crippen LogP contribution in [0, 0.1) is 0 Å². The maximum absolute atomic E-state index is 11.3. The maximum atomic E-state index is 11.3. The lowest BCUT2D eigenvalue weighted by Gasteiger charge is -2.15. The molecule has 1 N–H and O–H groups in total. The molecule has 1 heterocycles. The van der Waals surface area contributed by atoms with Gasteiger partial charge >= 0.3 is 5.97 Å². The third-order valence-corrected chi connectivity index (χ3v) is 4.33. The van der Waals surface area contributed by atoms with Crippen molar-refractivity contribution in [2.24, 2.45) is 0 Å². The molecule has 0 aliphatic carbocycles. The number of hydrogen-bond acceptors (Lipinski definition) is 5. The van der Waals surface area contributed by atoms with Crippen LogP contribution in [0.5, 0.6) is 0 Å². The molecule has 0 unspecified atom stereocenters. The first kappa shape index (κ1) is 15.9. The van der Waals surface area contributed by atoms with Crippen LogP contribution in [0.15, 0.2) is 6.07 Å². The van der Waals surface area contributed by atoms with E-state index in [4.69, 9.17) is 4.74 Å². The van der Waals surface area contributed by atoms with Crippen LogP contribution in [0.3, 0.4) is 0 Å². The van der Waals surface area contributed by atoms with Gasteiger partial charge in [0.25, 0.3) is 0 Å². The number of ether oxygens (including phenoxy) is 2. The van der Waals surface area contributed by atoms with E-state index in [2.05, 4.69) is 29.5 Å². The standard InChI is InChI=1S/C12H22N2O4Si/c1-17-12(16)11-7-10(8-15)14(13-11)9-18-5-6-19(2,3)4/h7,15H,5-6,8-9H2,1-4H3. The van der Waals surface area contributed by atoms with Gasteiger partial charge in [0, 0.05) is 14.7 Å². The lowest BCUT2D eigenvalue weighted by Crippen LogP contribution is -2.22. The van der Waals surface area contributed by atoms with Crippen LogP contribution in [0.4, 0.5) is 0 Å². The average molecular weight is 286 g/mol. The molecule has 0 fully saturated rings. The van der Waals surface area contributed by atoms with Crippen LogP contribution in [0.25, 0.3) is 0 Å². The normalized spacial score (nSPS) is 11.6. The number of hydrogen-bond donors (Lipinski definition) is 1. The summed E-state index contributed by atoms with van der Waals surface area (Å²) in [6.45, 7) is 7.53. The third-order valence-electron chi connectivity index (χ3n) is 2.63. The molecule has 0 amide bonds. The number of esters is 1. The largest absolute Gasteiger partial charge is 0.464 e. The van der Waals surface area contributed by atoms with Gasteiger partial charge in [0.15, 0.2) is 5.69 Å². The number of aliphatic hydroxyl groups is 1. The summed E-state index contributed by atoms with van der Waals surface area (Å²) >= 11 is 0. The molecule has 6 nitrogen and oxygen atoms in total. The molecule has 1 aromatic rings. The molecule has 0 aliphatic rings. The second-order valence-corrected chi connectivity index (χ2v) is 11.1. The number of carbonyl (C=O) groups excluding carboxylic acids is 1. The number of rotatable bonds is 7. The van der Waals surface area contributed by atoms with Gasteiger partial charge in [-0.3, -0.25) is 0 Å². The Balaban J connectivity index is 2.57. The van der Waals surface area contributed by atoms with Crippen LogP contribution < -0.4 is 0 Å². The fourth-order valence-electron chi connectivity index (χ4n) is 1.43. The summed E-state index contributed by atoms with van der Waals surface area (Å²) in [4.78, 5) is 11.3. The molecular formula is C12H22N2O4Si. The molecule has 0 saturated carbocycles. The van der Waals surface area contributed by atoms with E-state index in [-0.39, 0.29) is 19.0 Å². The van der Waals surface area contributed by atoms with Crippen molar-refractivity contribution < 1.29 is 19.4 Å². The highest BCUT2D eigenvalue weighted by molar-refractivity contribution is 6.76. The van der Waals surface area contributed by atoms with Gasteiger partial charge in [-0.2, -0.15) is 5.10 Å². The maximum Gasteiger partial charge on any atom is 0.358 e. The Kier molecular flexibility index (Phi) is 5.71. The zero-order chi connectivity index (χ0) is 14.5. The molecule has 0 saturated heterocycles. The van der Waals surface area contributed by atoms with E-state index in [0.29, 0.717) is 12.3 Å². The molecule has 0 spiro atoms. The summed E-state index contributed by atoms with van der Waals surface area (Å²) in [5.74, 6) is -0.518. The minimum atomic E-state index is -1.11. The number of methoxy groups -OCH3 is 1. The highest BCUT2D eigenvalue weighted by Crippen LogP contribution is 2.09. The number of nitrogens with zero attached hydrogens (tertiary/aromatic N) is 2. The molecule has 7 heteroatoms. The molecule has 19 heavy (non-hydrogen) atoms. The predicted octanol–water partition coefficient (Wildman–Crippen LogP) is 1.47. The van der Waals surface area contributed by atoms with Crippen molar-refractivity contribution in [3.8, 4) is 0 Å². The van der Waals surface area contributed by atoms with Crippen molar-refractivity contribution in [3.05, 3.63) is 17.5 Å². The summed E-state index contributed by atoms with van der Waals surface area (Å²) in [6.07, 6.45) is 0. The molecule has 0 atom stereocenters. The van der Waals surface area contributed by atoms with Gasteiger partial charge in [0.2, 0.25) is 0 Å². The molecule has 0 aliphatic heterocycles. The number of carbonyl (C=O) groups is 1. The molecule has 108 valence electrons. The third kappa shape index (κ3) is 5.13. The quantitative estimate of drug-likeness (QED) is 0.467. The highest BCUT2D eigenvalue weighted by Gasteiger charge is 2.15. The van der Waals surface area contributed by atoms with Gasteiger partial charge in [0.1, 0.15) is 6.73 Å². The smallest absolute Gasteiger partial charge is 0.358 e. The first-order valence-corrected chi connectivity index (χ1v) is 9.92. The highest BCUT2D eigenvalue weighted by atomic mass is 28.3. The van der Waals surface area contributed by atoms with Crippen LogP contribution in [-0.2, 0) is 22.8 Å². The van der Waals surface area contributed by atoms with Crippen molar-refractivity contribution >= 4 is 14.0 Å². The van der Waals surface area contributed by atoms with Crippen molar-refractivity contribution in [1.82, 2.24) is 9.78 Å². The van der Waals surface area contributed by atoms with E-state index in [0.717, 1.165) is 6.04 Å². The van der Waals surface area contributed by atoms with E-state index in [1.165, 1.54) is 17.9 Å². The van der Waals surface area contributed by atoms with Gasteiger partial charge in [0.05, 0.1) is 19.4 Å². The fourth-order valence-corrected chi connectivity index (χ4v) is 2.18. The monoisotopic (exact) mass is 286 g/mol. The number of aliphatic hydroxyl groups excluding tert-OH is 1. The minimum absolute atomic E-state index is 0.181. The minimum Gasteiger partial charge on any atom is -0.464 e. The first-order valence-electron chi connectivity index (χ1n) is 6.21. The van der Waals surface area contributed by atoms with Gasteiger partial charge in [-0.15, -0.1) is 0 Å². The van der Waals surface area contributed by atoms with Gasteiger partial charge < -0.3 is 14.6 Å². The molecular weight excluding hydrogens is 264 g/mol. The topological polar surface area (TPSA) is 73.6 Å². The Bertz CT molecular complexity index is 426. The molecule has 0 bridgehead atoms. The van der Waals surface area contributed by atoms with Crippen molar-refractivity contribution in [2.45, 2.75) is 39.0 Å². The van der Waals surface area contributed by atoms with Crippen LogP contribution >= 0.6 is 0 Å². The van der Waals surface area contributed by atoms with Crippen molar-refractivity contribution in [1.29, 1.82) is 0 Å². The SMILES string of the molecule is COC(=O)c1cc(CO)n(COCC[Si](C)(C)C)n1. The summed E-state index contributed by atoms with van der Waals surface area (Å²) in [6, 6.07) is 2.57. The lowest BCUT2D eigenvalue weighted by molar-refractivity contribution is 0.0579. The van der Waals surface area contributed by atoms with Gasteiger partial charge in [-0.25, -0.2) is 9.48 Å². The molecule has 0 radical (unpaired) electrons. The Morgan fingerprint density at radius 2 is 2.16 bits per heavy atom. The van der Waals surface area contributed by atoms with Crippen LogP contribution in [-0.4, -0.2) is 42.6 Å². The number of aromatic nitrogens is 2. The van der Waals surface area contributed by atoms with E-state index in [9.17, 15) is 9.90 Å². The lowest BCUT2D eigenvalue weighted by atomic mass is 10.3. The Morgan fingerprint density at radius 1 is 1.47 bits per heavy atom. The first-order chi connectivity index (χ1) is 8.87. The zero-order valence-corrected chi connectivity index (χ0v) is 13.0. The summed E-state index contributed by atoms with van der Waals surface area (Å²) in [5.41, 5.74) is 0.716. The van der Waals surface area contributed by atoms with Crippen molar-refractivity contribution in [3.63, 3.8) is 0 Å². The summed E-state index contributed by atoms with van der Waals surface area (Å²) in [7, 11) is 0.182. The fraction of sp³-hybridized carbons (Fsp3) is 0.667. The second-order valence-electron chi connectivity index (χ2n) is 5.52. The summed E-state index contributed by atoms with van der Waals surface area (Å²) < 4.78 is 11.6. The average Bonchev–Trinajstić information content (AvgIpc) is 2.75. The van der Waals surface area contributed by atoms with E-state index in [1.54, 1.807) is 0 Å². The second kappa shape index (κ2) is 6.83. The Labute approximate surface area is 114 Å². The van der Waals surface area contributed by atoms with Crippen LogP contribution in [0.2, 0.25) is 25.7 Å². The summed E-state index contributed by atoms with van der Waals surface area (Å²) in [5, 5.41) is 13.3. The Hall–Kier alpha value is -1.18. The predicted molar refractivity (Wildman–Crippen MR) is 73.6 cm³/mol. The van der Waals surface area contributed by atoms with Crippen LogP contribution in [0.1, 0.15) is 16.2 Å². The molecule has 0 aromatic carbocycles. The molecule has 1 rings (SSSR count). The van der Waals surface area contributed by atoms with E-state index < -0.39 is 14.0 Å². The van der Waals surface area contributed by atoms with Crippen molar-refractivity contribution in [2.75, 3.05) is 13.7 Å². The molecule has 1 aromatic heterocycles. The van der Waals surface area contributed by atoms with E-state index >= 15 is 0 Å². The Morgan fingerprint density at radius 3 is 2.68 bits per heavy atom.